The monoisotopic (exact) mass is 233 g/mol. The first kappa shape index (κ1) is 12.1. The van der Waals surface area contributed by atoms with E-state index in [4.69, 9.17) is 0 Å². The zero-order valence-corrected chi connectivity index (χ0v) is 10.0. The number of nitrogens with zero attached hydrogens (tertiary/aromatic N) is 1. The number of aliphatic hydroxyl groups is 1. The van der Waals surface area contributed by atoms with Gasteiger partial charge in [-0.05, 0) is 24.8 Å². The van der Waals surface area contributed by atoms with E-state index in [0.29, 0.717) is 13.0 Å². The van der Waals surface area contributed by atoms with E-state index in [0.717, 1.165) is 25.8 Å². The summed E-state index contributed by atoms with van der Waals surface area (Å²) in [7, 11) is 0. The first-order chi connectivity index (χ1) is 8.25. The summed E-state index contributed by atoms with van der Waals surface area (Å²) in [5, 5.41) is 9.52. The third kappa shape index (κ3) is 3.56. The van der Waals surface area contributed by atoms with Crippen LogP contribution in [-0.2, 0) is 11.2 Å². The molecule has 0 spiro atoms. The topological polar surface area (TPSA) is 40.5 Å². The van der Waals surface area contributed by atoms with E-state index in [2.05, 4.69) is 0 Å². The molecule has 0 saturated carbocycles. The molecule has 0 aliphatic carbocycles. The standard InChI is InChI=1S/C14H19NO2/c16-13-7-4-10-15(11-13)14(17)9-8-12-5-2-1-3-6-12/h1-3,5-6,13,16H,4,7-11H2. The molecule has 3 nitrogen and oxygen atoms in total. The number of aryl methyl sites for hydroxylation is 1. The van der Waals surface area contributed by atoms with E-state index in [9.17, 15) is 9.90 Å². The van der Waals surface area contributed by atoms with Gasteiger partial charge in [-0.25, -0.2) is 0 Å². The van der Waals surface area contributed by atoms with Gasteiger partial charge in [-0.1, -0.05) is 30.3 Å². The lowest BCUT2D eigenvalue weighted by molar-refractivity contribution is -0.134. The van der Waals surface area contributed by atoms with Crippen LogP contribution >= 0.6 is 0 Å². The number of amides is 1. The summed E-state index contributed by atoms with van der Waals surface area (Å²) < 4.78 is 0. The summed E-state index contributed by atoms with van der Waals surface area (Å²) in [6, 6.07) is 10.0. The fourth-order valence-corrected chi connectivity index (χ4v) is 2.24. The van der Waals surface area contributed by atoms with E-state index in [1.165, 1.54) is 5.56 Å². The quantitative estimate of drug-likeness (QED) is 0.861. The van der Waals surface area contributed by atoms with Crippen molar-refractivity contribution in [2.24, 2.45) is 0 Å². The van der Waals surface area contributed by atoms with Crippen LogP contribution in [0.5, 0.6) is 0 Å². The minimum absolute atomic E-state index is 0.160. The summed E-state index contributed by atoms with van der Waals surface area (Å²) in [4.78, 5) is 13.7. The zero-order chi connectivity index (χ0) is 12.1. The van der Waals surface area contributed by atoms with Crippen molar-refractivity contribution in [3.8, 4) is 0 Å². The maximum absolute atomic E-state index is 11.9. The number of hydrogen-bond acceptors (Lipinski definition) is 2. The largest absolute Gasteiger partial charge is 0.391 e. The predicted molar refractivity (Wildman–Crippen MR) is 66.6 cm³/mol. The highest BCUT2D eigenvalue weighted by atomic mass is 16.3. The number of rotatable bonds is 3. The Kier molecular flexibility index (Phi) is 4.15. The molecule has 0 radical (unpaired) electrons. The highest BCUT2D eigenvalue weighted by Crippen LogP contribution is 2.12. The molecule has 1 N–H and O–H groups in total. The molecular weight excluding hydrogens is 214 g/mol. The average molecular weight is 233 g/mol. The molecule has 1 heterocycles. The lowest BCUT2D eigenvalue weighted by Crippen LogP contribution is -2.42. The molecule has 17 heavy (non-hydrogen) atoms. The molecule has 1 fully saturated rings. The Labute approximate surface area is 102 Å². The summed E-state index contributed by atoms with van der Waals surface area (Å²) in [6.45, 7) is 1.30. The maximum Gasteiger partial charge on any atom is 0.222 e. The number of hydrogen-bond donors (Lipinski definition) is 1. The molecule has 1 saturated heterocycles. The molecule has 1 aliphatic heterocycles. The molecule has 1 aromatic rings. The van der Waals surface area contributed by atoms with Crippen LogP contribution in [0.3, 0.4) is 0 Å². The summed E-state index contributed by atoms with van der Waals surface area (Å²) in [5.74, 6) is 0.160. The van der Waals surface area contributed by atoms with E-state index in [1.54, 1.807) is 4.90 Å². The van der Waals surface area contributed by atoms with Crippen LogP contribution in [-0.4, -0.2) is 35.1 Å². The second-order valence-corrected chi connectivity index (χ2v) is 4.62. The summed E-state index contributed by atoms with van der Waals surface area (Å²) in [5.41, 5.74) is 1.19. The van der Waals surface area contributed by atoms with E-state index in [1.807, 2.05) is 30.3 Å². The van der Waals surface area contributed by atoms with Gasteiger partial charge in [-0.2, -0.15) is 0 Å². The fourth-order valence-electron chi connectivity index (χ4n) is 2.24. The molecule has 1 atom stereocenters. The van der Waals surface area contributed by atoms with Crippen molar-refractivity contribution in [1.82, 2.24) is 4.90 Å². The van der Waals surface area contributed by atoms with Crippen LogP contribution in [0.2, 0.25) is 0 Å². The van der Waals surface area contributed by atoms with Gasteiger partial charge >= 0.3 is 0 Å². The Balaban J connectivity index is 1.81. The van der Waals surface area contributed by atoms with Crippen molar-refractivity contribution < 1.29 is 9.90 Å². The van der Waals surface area contributed by atoms with E-state index < -0.39 is 0 Å². The normalized spacial score (nSPS) is 20.3. The minimum atomic E-state index is -0.329. The third-order valence-corrected chi connectivity index (χ3v) is 3.22. The number of carbonyl (C=O) groups is 1. The Bertz CT molecular complexity index is 364. The van der Waals surface area contributed by atoms with Gasteiger partial charge in [0.25, 0.3) is 0 Å². The summed E-state index contributed by atoms with van der Waals surface area (Å²) in [6.07, 6.45) is 2.73. The van der Waals surface area contributed by atoms with Crippen LogP contribution in [0.15, 0.2) is 30.3 Å². The number of benzene rings is 1. The molecule has 3 heteroatoms. The number of piperidine rings is 1. The number of aliphatic hydroxyl groups excluding tert-OH is 1. The van der Waals surface area contributed by atoms with Crippen LogP contribution in [0.25, 0.3) is 0 Å². The smallest absolute Gasteiger partial charge is 0.222 e. The van der Waals surface area contributed by atoms with Gasteiger partial charge in [0.15, 0.2) is 0 Å². The van der Waals surface area contributed by atoms with Crippen LogP contribution in [0.4, 0.5) is 0 Å². The van der Waals surface area contributed by atoms with E-state index >= 15 is 0 Å². The predicted octanol–water partition coefficient (Wildman–Crippen LogP) is 1.60. The molecular formula is C14H19NO2. The Morgan fingerprint density at radius 2 is 2.12 bits per heavy atom. The van der Waals surface area contributed by atoms with Gasteiger partial charge in [0, 0.05) is 19.5 Å². The molecule has 92 valence electrons. The number of β-amino-alcohol motifs (C(OH)–C–C–N with tert-alkyl or cyclic N) is 1. The third-order valence-electron chi connectivity index (χ3n) is 3.22. The van der Waals surface area contributed by atoms with Gasteiger partial charge in [-0.15, -0.1) is 0 Å². The molecule has 0 bridgehead atoms. The van der Waals surface area contributed by atoms with Crippen LogP contribution in [0, 0.1) is 0 Å². The maximum atomic E-state index is 11.9. The average Bonchev–Trinajstić information content (AvgIpc) is 2.37. The lowest BCUT2D eigenvalue weighted by Gasteiger charge is -2.30. The molecule has 1 unspecified atom stereocenters. The Morgan fingerprint density at radius 1 is 1.35 bits per heavy atom. The van der Waals surface area contributed by atoms with Crippen LogP contribution in [0.1, 0.15) is 24.8 Å². The molecule has 1 amide bonds. The SMILES string of the molecule is O=C(CCc1ccccc1)N1CCCC(O)C1. The van der Waals surface area contributed by atoms with Gasteiger partial charge < -0.3 is 10.0 Å². The van der Waals surface area contributed by atoms with E-state index in [-0.39, 0.29) is 12.0 Å². The van der Waals surface area contributed by atoms with Gasteiger partial charge in [0.05, 0.1) is 6.10 Å². The molecule has 1 aromatic carbocycles. The van der Waals surface area contributed by atoms with Gasteiger partial charge in [-0.3, -0.25) is 4.79 Å². The lowest BCUT2D eigenvalue weighted by atomic mass is 10.1. The molecule has 2 rings (SSSR count). The highest BCUT2D eigenvalue weighted by molar-refractivity contribution is 5.76. The van der Waals surface area contributed by atoms with Crippen LogP contribution < -0.4 is 0 Å². The number of carbonyl (C=O) groups excluding carboxylic acids is 1. The second kappa shape index (κ2) is 5.82. The van der Waals surface area contributed by atoms with Crippen molar-refractivity contribution >= 4 is 5.91 Å². The first-order valence-corrected chi connectivity index (χ1v) is 6.25. The van der Waals surface area contributed by atoms with Gasteiger partial charge in [0.2, 0.25) is 5.91 Å². The van der Waals surface area contributed by atoms with Crippen molar-refractivity contribution in [2.75, 3.05) is 13.1 Å². The van der Waals surface area contributed by atoms with Gasteiger partial charge in [0.1, 0.15) is 0 Å². The van der Waals surface area contributed by atoms with Crippen molar-refractivity contribution in [2.45, 2.75) is 31.8 Å². The Morgan fingerprint density at radius 3 is 2.82 bits per heavy atom. The molecule has 0 aromatic heterocycles. The first-order valence-electron chi connectivity index (χ1n) is 6.25. The Hall–Kier alpha value is -1.35. The van der Waals surface area contributed by atoms with Crippen molar-refractivity contribution in [3.63, 3.8) is 0 Å². The minimum Gasteiger partial charge on any atom is -0.391 e. The second-order valence-electron chi connectivity index (χ2n) is 4.62. The highest BCUT2D eigenvalue weighted by Gasteiger charge is 2.21. The number of likely N-dealkylation sites (tertiary alicyclic amines) is 1. The summed E-state index contributed by atoms with van der Waals surface area (Å²) >= 11 is 0. The van der Waals surface area contributed by atoms with Crippen molar-refractivity contribution in [1.29, 1.82) is 0 Å². The molecule has 1 aliphatic rings. The zero-order valence-electron chi connectivity index (χ0n) is 10.0. The fraction of sp³-hybridized carbons (Fsp3) is 0.500. The van der Waals surface area contributed by atoms with Crippen molar-refractivity contribution in [3.05, 3.63) is 35.9 Å².